The topological polar surface area (TPSA) is 231 Å². The van der Waals surface area contributed by atoms with Gasteiger partial charge in [-0.05, 0) is 18.3 Å². The first-order valence-corrected chi connectivity index (χ1v) is 10.6. The van der Waals surface area contributed by atoms with Crippen molar-refractivity contribution < 1.29 is 39.0 Å². The average Bonchev–Trinajstić information content (AvgIpc) is 2.71. The molecule has 0 aliphatic heterocycles. The van der Waals surface area contributed by atoms with E-state index in [1.807, 2.05) is 6.92 Å². The molecule has 0 aromatic carbocycles. The summed E-state index contributed by atoms with van der Waals surface area (Å²) in [5.41, 5.74) is 11.0. The van der Waals surface area contributed by atoms with Crippen LogP contribution in [0.25, 0.3) is 0 Å². The lowest BCUT2D eigenvalue weighted by Crippen LogP contribution is -2.58. The summed E-state index contributed by atoms with van der Waals surface area (Å²) in [6, 6.07) is -5.15. The van der Waals surface area contributed by atoms with Crippen LogP contribution in [-0.2, 0) is 28.8 Å². The Hall–Kier alpha value is -3.22. The summed E-state index contributed by atoms with van der Waals surface area (Å²) in [6.07, 6.45) is -0.844. The zero-order valence-electron chi connectivity index (χ0n) is 19.3. The Kier molecular flexibility index (Phi) is 12.7. The van der Waals surface area contributed by atoms with Gasteiger partial charge in [0.15, 0.2) is 0 Å². The van der Waals surface area contributed by atoms with Gasteiger partial charge >= 0.3 is 11.9 Å². The van der Waals surface area contributed by atoms with Crippen molar-refractivity contribution in [1.29, 1.82) is 0 Å². The molecule has 0 aliphatic carbocycles. The number of aliphatic carboxylic acids is 2. The van der Waals surface area contributed by atoms with E-state index in [1.54, 1.807) is 20.8 Å². The third kappa shape index (κ3) is 10.8. The van der Waals surface area contributed by atoms with E-state index in [0.717, 1.165) is 0 Å². The van der Waals surface area contributed by atoms with Crippen molar-refractivity contribution in [3.8, 4) is 0 Å². The number of amides is 4. The zero-order chi connectivity index (χ0) is 25.9. The molecule has 4 amide bonds. The molecule has 0 aliphatic rings. The Bertz CT molecular complexity index is 742. The molecule has 0 rings (SSSR count). The maximum absolute atomic E-state index is 12.8. The van der Waals surface area contributed by atoms with Crippen molar-refractivity contribution in [1.82, 2.24) is 16.0 Å². The summed E-state index contributed by atoms with van der Waals surface area (Å²) in [5.74, 6) is -6.80. The molecule has 5 atom stereocenters. The number of primary amides is 1. The van der Waals surface area contributed by atoms with E-state index in [1.165, 1.54) is 0 Å². The molecule has 0 radical (unpaired) electrons. The van der Waals surface area contributed by atoms with Crippen molar-refractivity contribution >= 4 is 35.6 Å². The van der Waals surface area contributed by atoms with Gasteiger partial charge in [-0.15, -0.1) is 0 Å². The van der Waals surface area contributed by atoms with E-state index in [9.17, 15) is 33.9 Å². The fourth-order valence-corrected chi connectivity index (χ4v) is 2.77. The van der Waals surface area contributed by atoms with E-state index in [2.05, 4.69) is 16.0 Å². The summed E-state index contributed by atoms with van der Waals surface area (Å²) in [5, 5.41) is 25.1. The van der Waals surface area contributed by atoms with Crippen LogP contribution in [0, 0.1) is 11.8 Å². The first-order valence-electron chi connectivity index (χ1n) is 10.6. The van der Waals surface area contributed by atoms with Crippen LogP contribution in [0.4, 0.5) is 0 Å². The molecule has 0 fully saturated rings. The number of hydrogen-bond donors (Lipinski definition) is 7. The highest BCUT2D eigenvalue weighted by atomic mass is 16.4. The van der Waals surface area contributed by atoms with Crippen LogP contribution in [0.2, 0.25) is 0 Å². The first kappa shape index (κ1) is 29.8. The van der Waals surface area contributed by atoms with Gasteiger partial charge in [-0.2, -0.15) is 0 Å². The highest BCUT2D eigenvalue weighted by molar-refractivity contribution is 5.96. The second-order valence-electron chi connectivity index (χ2n) is 8.21. The lowest BCUT2D eigenvalue weighted by molar-refractivity contribution is -0.143. The van der Waals surface area contributed by atoms with Gasteiger partial charge in [0.2, 0.25) is 23.6 Å². The van der Waals surface area contributed by atoms with Crippen molar-refractivity contribution in [3.05, 3.63) is 0 Å². The van der Waals surface area contributed by atoms with Crippen LogP contribution in [0.1, 0.15) is 53.4 Å². The summed E-state index contributed by atoms with van der Waals surface area (Å²) >= 11 is 0. The van der Waals surface area contributed by atoms with Crippen LogP contribution < -0.4 is 27.4 Å². The fourth-order valence-electron chi connectivity index (χ4n) is 2.77. The van der Waals surface area contributed by atoms with E-state index in [4.69, 9.17) is 16.6 Å². The summed E-state index contributed by atoms with van der Waals surface area (Å²) in [7, 11) is 0. The Labute approximate surface area is 192 Å². The lowest BCUT2D eigenvalue weighted by atomic mass is 9.98. The Balaban J connectivity index is 5.62. The smallest absolute Gasteiger partial charge is 0.326 e. The molecule has 0 saturated heterocycles. The molecule has 0 heterocycles. The average molecular weight is 474 g/mol. The third-order valence-electron chi connectivity index (χ3n) is 5.11. The van der Waals surface area contributed by atoms with Crippen molar-refractivity contribution in [2.75, 3.05) is 0 Å². The molecule has 13 nitrogen and oxygen atoms in total. The van der Waals surface area contributed by atoms with E-state index < -0.39 is 78.5 Å². The van der Waals surface area contributed by atoms with Gasteiger partial charge in [0, 0.05) is 6.42 Å². The molecular weight excluding hydrogens is 438 g/mol. The van der Waals surface area contributed by atoms with Gasteiger partial charge < -0.3 is 37.6 Å². The normalized spacial score (nSPS) is 15.5. The van der Waals surface area contributed by atoms with E-state index in [0.29, 0.717) is 6.42 Å². The van der Waals surface area contributed by atoms with Gasteiger partial charge in [0.05, 0.1) is 12.5 Å². The van der Waals surface area contributed by atoms with E-state index in [-0.39, 0.29) is 12.3 Å². The molecule has 0 saturated carbocycles. The third-order valence-corrected chi connectivity index (χ3v) is 5.11. The fraction of sp³-hybridized carbons (Fsp3) is 0.700. The summed E-state index contributed by atoms with van der Waals surface area (Å²) in [6.45, 7) is 6.66. The molecular formula is C20H35N5O8. The molecule has 0 aromatic heterocycles. The van der Waals surface area contributed by atoms with E-state index >= 15 is 0 Å². The molecule has 0 spiro atoms. The molecule has 33 heavy (non-hydrogen) atoms. The zero-order valence-corrected chi connectivity index (χ0v) is 19.3. The highest BCUT2D eigenvalue weighted by Gasteiger charge is 2.32. The van der Waals surface area contributed by atoms with Crippen LogP contribution >= 0.6 is 0 Å². The van der Waals surface area contributed by atoms with Gasteiger partial charge in [-0.25, -0.2) is 4.79 Å². The molecule has 9 N–H and O–H groups in total. The number of hydrogen-bond acceptors (Lipinski definition) is 7. The van der Waals surface area contributed by atoms with Crippen LogP contribution in [0.3, 0.4) is 0 Å². The number of nitrogens with one attached hydrogen (secondary N) is 3. The molecule has 188 valence electrons. The number of carboxylic acids is 2. The van der Waals surface area contributed by atoms with Gasteiger partial charge in [-0.1, -0.05) is 34.1 Å². The Morgan fingerprint density at radius 2 is 1.36 bits per heavy atom. The molecule has 0 aromatic rings. The maximum atomic E-state index is 12.8. The largest absolute Gasteiger partial charge is 0.481 e. The van der Waals surface area contributed by atoms with Crippen LogP contribution in [0.5, 0.6) is 0 Å². The van der Waals surface area contributed by atoms with Crippen LogP contribution in [-0.4, -0.2) is 69.9 Å². The standard InChI is InChI=1S/C20H35N5O8/c1-5-10(4)15(22)19(31)23-11(6-7-14(27)28)17(29)24-12(8-13(21)26)18(30)25-16(9(2)3)20(32)33/h9-12,15-16H,5-8,22H2,1-4H3,(H2,21,26)(H,23,31)(H,24,29)(H,25,30)(H,27,28)(H,32,33). The van der Waals surface area contributed by atoms with Gasteiger partial charge in [0.1, 0.15) is 18.1 Å². The van der Waals surface area contributed by atoms with Crippen molar-refractivity contribution in [3.63, 3.8) is 0 Å². The maximum Gasteiger partial charge on any atom is 0.326 e. The predicted molar refractivity (Wildman–Crippen MR) is 116 cm³/mol. The first-order chi connectivity index (χ1) is 15.2. The minimum atomic E-state index is -1.54. The molecule has 5 unspecified atom stereocenters. The number of carbonyl (C=O) groups is 6. The number of nitrogens with two attached hydrogens (primary N) is 2. The Morgan fingerprint density at radius 1 is 0.848 bits per heavy atom. The van der Waals surface area contributed by atoms with Gasteiger partial charge in [-0.3, -0.25) is 24.0 Å². The van der Waals surface area contributed by atoms with Crippen molar-refractivity contribution in [2.45, 2.75) is 77.5 Å². The lowest BCUT2D eigenvalue weighted by Gasteiger charge is -2.26. The monoisotopic (exact) mass is 473 g/mol. The minimum Gasteiger partial charge on any atom is -0.481 e. The number of carboxylic acid groups (broad SMARTS) is 2. The molecule has 0 bridgehead atoms. The Morgan fingerprint density at radius 3 is 1.79 bits per heavy atom. The second kappa shape index (κ2) is 14.0. The minimum absolute atomic E-state index is 0.217. The van der Waals surface area contributed by atoms with Crippen LogP contribution in [0.15, 0.2) is 0 Å². The SMILES string of the molecule is CCC(C)C(N)C(=O)NC(CCC(=O)O)C(=O)NC(CC(N)=O)C(=O)NC(C(=O)O)C(C)C. The second-order valence-corrected chi connectivity index (χ2v) is 8.21. The quantitative estimate of drug-likeness (QED) is 0.143. The number of carbonyl (C=O) groups excluding carboxylic acids is 4. The summed E-state index contributed by atoms with van der Waals surface area (Å²) < 4.78 is 0. The number of rotatable bonds is 15. The van der Waals surface area contributed by atoms with Gasteiger partial charge in [0.25, 0.3) is 0 Å². The highest BCUT2D eigenvalue weighted by Crippen LogP contribution is 2.08. The summed E-state index contributed by atoms with van der Waals surface area (Å²) in [4.78, 5) is 71.5. The molecule has 13 heteroatoms. The predicted octanol–water partition coefficient (Wildman–Crippen LogP) is -1.70. The van der Waals surface area contributed by atoms with Crippen molar-refractivity contribution in [2.24, 2.45) is 23.3 Å².